The summed E-state index contributed by atoms with van der Waals surface area (Å²) in [6.07, 6.45) is 1.14. The molecule has 1 saturated heterocycles. The van der Waals surface area contributed by atoms with Crippen molar-refractivity contribution in [2.45, 2.75) is 26.3 Å². The maximum Gasteiger partial charge on any atom is 0.151 e. The first-order chi connectivity index (χ1) is 7.07. The smallest absolute Gasteiger partial charge is 0.151 e. The van der Waals surface area contributed by atoms with E-state index in [1.54, 1.807) is 6.92 Å². The number of nitrogens with zero attached hydrogens (tertiary/aromatic N) is 1. The van der Waals surface area contributed by atoms with E-state index in [0.29, 0.717) is 18.3 Å². The number of likely N-dealkylation sites (tertiary alicyclic amines) is 1. The van der Waals surface area contributed by atoms with Crippen LogP contribution in [-0.2, 0) is 9.84 Å². The molecule has 1 rings (SSSR count). The first-order valence-electron chi connectivity index (χ1n) is 5.73. The lowest BCUT2D eigenvalue weighted by Crippen LogP contribution is -2.34. The van der Waals surface area contributed by atoms with Gasteiger partial charge >= 0.3 is 0 Å². The van der Waals surface area contributed by atoms with Gasteiger partial charge < -0.3 is 10.2 Å². The minimum atomic E-state index is -2.80. The molecular formula is C10H22N2O2S. The Balaban J connectivity index is 2.25. The van der Waals surface area contributed by atoms with Crippen LogP contribution in [0, 0.1) is 0 Å². The first kappa shape index (κ1) is 12.9. The summed E-state index contributed by atoms with van der Waals surface area (Å²) in [4.78, 5) is 2.24. The number of hydrogen-bond donors (Lipinski definition) is 1. The molecule has 0 spiro atoms. The van der Waals surface area contributed by atoms with E-state index in [2.05, 4.69) is 17.1 Å². The van der Waals surface area contributed by atoms with E-state index >= 15 is 0 Å². The van der Waals surface area contributed by atoms with Crippen molar-refractivity contribution in [2.24, 2.45) is 0 Å². The molecule has 0 saturated carbocycles. The van der Waals surface area contributed by atoms with Crippen molar-refractivity contribution in [3.05, 3.63) is 0 Å². The molecule has 1 N–H and O–H groups in total. The van der Waals surface area contributed by atoms with Crippen LogP contribution in [0.5, 0.6) is 0 Å². The van der Waals surface area contributed by atoms with Crippen molar-refractivity contribution in [2.75, 3.05) is 37.7 Å². The molecule has 1 aliphatic rings. The minimum absolute atomic E-state index is 0.261. The van der Waals surface area contributed by atoms with Gasteiger partial charge in [0.15, 0.2) is 9.84 Å². The van der Waals surface area contributed by atoms with Gasteiger partial charge in [0.05, 0.1) is 5.75 Å². The molecular weight excluding hydrogens is 212 g/mol. The molecule has 15 heavy (non-hydrogen) atoms. The molecule has 0 aromatic carbocycles. The molecule has 1 aliphatic heterocycles. The topological polar surface area (TPSA) is 49.4 Å². The van der Waals surface area contributed by atoms with E-state index in [-0.39, 0.29) is 5.75 Å². The summed E-state index contributed by atoms with van der Waals surface area (Å²) in [6.45, 7) is 7.51. The van der Waals surface area contributed by atoms with Gasteiger partial charge in [0.2, 0.25) is 0 Å². The van der Waals surface area contributed by atoms with Crippen LogP contribution < -0.4 is 5.32 Å². The summed E-state index contributed by atoms with van der Waals surface area (Å²) < 4.78 is 22.6. The average molecular weight is 234 g/mol. The van der Waals surface area contributed by atoms with Crippen LogP contribution in [0.1, 0.15) is 20.3 Å². The molecule has 0 radical (unpaired) electrons. The summed E-state index contributed by atoms with van der Waals surface area (Å²) in [6, 6.07) is 0.555. The van der Waals surface area contributed by atoms with Gasteiger partial charge in [0.25, 0.3) is 0 Å². The summed E-state index contributed by atoms with van der Waals surface area (Å²) >= 11 is 0. The maximum atomic E-state index is 11.3. The summed E-state index contributed by atoms with van der Waals surface area (Å²) in [5, 5.41) is 3.39. The van der Waals surface area contributed by atoms with Gasteiger partial charge in [-0.15, -0.1) is 0 Å². The molecule has 90 valence electrons. The molecule has 1 heterocycles. The molecule has 0 aliphatic carbocycles. The lowest BCUT2D eigenvalue weighted by atomic mass is 10.3. The fraction of sp³-hybridized carbons (Fsp3) is 1.00. The van der Waals surface area contributed by atoms with Crippen molar-refractivity contribution in [3.8, 4) is 0 Å². The monoisotopic (exact) mass is 234 g/mol. The van der Waals surface area contributed by atoms with Crippen LogP contribution in [0.15, 0.2) is 0 Å². The Morgan fingerprint density at radius 1 is 1.40 bits per heavy atom. The fourth-order valence-electron chi connectivity index (χ4n) is 1.90. The Labute approximate surface area is 93.0 Å². The van der Waals surface area contributed by atoms with Crippen LogP contribution in [0.25, 0.3) is 0 Å². The predicted octanol–water partition coefficient (Wildman–Crippen LogP) is 0.105. The highest BCUT2D eigenvalue weighted by Gasteiger charge is 2.22. The van der Waals surface area contributed by atoms with Crippen molar-refractivity contribution in [3.63, 3.8) is 0 Å². The van der Waals surface area contributed by atoms with Crippen LogP contribution in [0.2, 0.25) is 0 Å². The molecule has 1 atom stereocenters. The molecule has 0 amide bonds. The third kappa shape index (κ3) is 4.49. The third-order valence-corrected chi connectivity index (χ3v) is 4.61. The van der Waals surface area contributed by atoms with Crippen LogP contribution in [-0.4, -0.2) is 57.0 Å². The number of sulfone groups is 1. The summed E-state index contributed by atoms with van der Waals surface area (Å²) in [5.74, 6) is 0.569. The maximum absolute atomic E-state index is 11.3. The van der Waals surface area contributed by atoms with Crippen molar-refractivity contribution >= 4 is 9.84 Å². The lowest BCUT2D eigenvalue weighted by molar-refractivity contribution is 0.347. The number of rotatable bonds is 6. The second-order valence-electron chi connectivity index (χ2n) is 4.08. The second kappa shape index (κ2) is 5.82. The molecule has 5 heteroatoms. The van der Waals surface area contributed by atoms with Crippen LogP contribution in [0.4, 0.5) is 0 Å². The molecule has 1 unspecified atom stereocenters. The van der Waals surface area contributed by atoms with Gasteiger partial charge in [-0.2, -0.15) is 0 Å². The summed E-state index contributed by atoms with van der Waals surface area (Å²) in [7, 11) is -2.80. The lowest BCUT2D eigenvalue weighted by Gasteiger charge is -2.15. The first-order valence-corrected chi connectivity index (χ1v) is 7.55. The highest BCUT2D eigenvalue weighted by molar-refractivity contribution is 7.91. The zero-order chi connectivity index (χ0) is 11.3. The van der Waals surface area contributed by atoms with Gasteiger partial charge in [-0.25, -0.2) is 8.42 Å². The SMILES string of the molecule is CCNC1CCN(CCS(=O)(=O)CC)C1. The van der Waals surface area contributed by atoms with E-state index in [0.717, 1.165) is 26.1 Å². The third-order valence-electron chi connectivity index (χ3n) is 2.92. The highest BCUT2D eigenvalue weighted by atomic mass is 32.2. The predicted molar refractivity (Wildman–Crippen MR) is 62.8 cm³/mol. The standard InChI is InChI=1S/C10H22N2O2S/c1-3-11-10-5-6-12(9-10)7-8-15(13,14)4-2/h10-11H,3-9H2,1-2H3. The van der Waals surface area contributed by atoms with Crippen molar-refractivity contribution < 1.29 is 8.42 Å². The van der Waals surface area contributed by atoms with Crippen molar-refractivity contribution in [1.82, 2.24) is 10.2 Å². The zero-order valence-corrected chi connectivity index (χ0v) is 10.5. The van der Waals surface area contributed by atoms with Crippen LogP contribution >= 0.6 is 0 Å². The van der Waals surface area contributed by atoms with Gasteiger partial charge in [0, 0.05) is 24.9 Å². The Hall–Kier alpha value is -0.130. The average Bonchev–Trinajstić information content (AvgIpc) is 2.64. The van der Waals surface area contributed by atoms with Gasteiger partial charge in [-0.05, 0) is 19.5 Å². The molecule has 4 nitrogen and oxygen atoms in total. The van der Waals surface area contributed by atoms with E-state index in [1.807, 2.05) is 0 Å². The zero-order valence-electron chi connectivity index (χ0n) is 9.70. The normalized spacial score (nSPS) is 23.5. The number of likely N-dealkylation sites (N-methyl/N-ethyl adjacent to an activating group) is 1. The molecule has 0 aromatic heterocycles. The quantitative estimate of drug-likeness (QED) is 0.708. The van der Waals surface area contributed by atoms with Crippen molar-refractivity contribution in [1.29, 1.82) is 0 Å². The highest BCUT2D eigenvalue weighted by Crippen LogP contribution is 2.08. The van der Waals surface area contributed by atoms with Crippen LogP contribution in [0.3, 0.4) is 0 Å². The van der Waals surface area contributed by atoms with E-state index in [4.69, 9.17) is 0 Å². The van der Waals surface area contributed by atoms with Gasteiger partial charge in [-0.1, -0.05) is 13.8 Å². The number of hydrogen-bond acceptors (Lipinski definition) is 4. The second-order valence-corrected chi connectivity index (χ2v) is 6.55. The van der Waals surface area contributed by atoms with Gasteiger partial charge in [0.1, 0.15) is 0 Å². The number of nitrogens with one attached hydrogen (secondary N) is 1. The summed E-state index contributed by atoms with van der Waals surface area (Å²) in [5.41, 5.74) is 0. The minimum Gasteiger partial charge on any atom is -0.313 e. The Morgan fingerprint density at radius 2 is 2.13 bits per heavy atom. The van der Waals surface area contributed by atoms with E-state index < -0.39 is 9.84 Å². The molecule has 1 fully saturated rings. The van der Waals surface area contributed by atoms with Gasteiger partial charge in [-0.3, -0.25) is 0 Å². The largest absolute Gasteiger partial charge is 0.313 e. The molecule has 0 aromatic rings. The Kier molecular flexibility index (Phi) is 5.02. The molecule has 0 bridgehead atoms. The Morgan fingerprint density at radius 3 is 2.73 bits per heavy atom. The van der Waals surface area contributed by atoms with E-state index in [1.165, 1.54) is 0 Å². The fourth-order valence-corrected chi connectivity index (χ4v) is 2.73. The Bertz CT molecular complexity index is 277. The van der Waals surface area contributed by atoms with E-state index in [9.17, 15) is 8.42 Å².